The molecule has 0 spiro atoms. The van der Waals surface area contributed by atoms with Gasteiger partial charge in [0, 0.05) is 11.8 Å². The van der Waals surface area contributed by atoms with E-state index in [1.165, 1.54) is 17.1 Å². The smallest absolute Gasteiger partial charge is 0.267 e. The summed E-state index contributed by atoms with van der Waals surface area (Å²) in [5.41, 5.74) is 3.14. The van der Waals surface area contributed by atoms with Crippen LogP contribution in [0, 0.1) is 0 Å². The lowest BCUT2D eigenvalue weighted by atomic mass is 10.1. The number of hydrazine groups is 1. The van der Waals surface area contributed by atoms with E-state index in [9.17, 15) is 9.59 Å². The van der Waals surface area contributed by atoms with Crippen molar-refractivity contribution in [2.24, 2.45) is 5.84 Å². The number of halogens is 1. The van der Waals surface area contributed by atoms with Crippen molar-refractivity contribution in [1.82, 2.24) is 15.0 Å². The molecule has 3 N–H and O–H groups in total. The monoisotopic (exact) mass is 322 g/mol. The second-order valence-electron chi connectivity index (χ2n) is 3.85. The SMILES string of the molecule is NNC(=O)c1cccc(Cn2cncc(Br)c2=O)c1. The van der Waals surface area contributed by atoms with Crippen LogP contribution in [0.4, 0.5) is 0 Å². The van der Waals surface area contributed by atoms with Gasteiger partial charge in [0.2, 0.25) is 0 Å². The Morgan fingerprint density at radius 3 is 3.00 bits per heavy atom. The Morgan fingerprint density at radius 2 is 2.26 bits per heavy atom. The van der Waals surface area contributed by atoms with Crippen molar-refractivity contribution >= 4 is 21.8 Å². The van der Waals surface area contributed by atoms with Crippen molar-refractivity contribution in [2.75, 3.05) is 0 Å². The minimum absolute atomic E-state index is 0.177. The van der Waals surface area contributed by atoms with Gasteiger partial charge < -0.3 is 0 Å². The molecule has 0 saturated heterocycles. The molecule has 0 radical (unpaired) electrons. The van der Waals surface area contributed by atoms with E-state index in [2.05, 4.69) is 26.3 Å². The number of hydrogen-bond donors (Lipinski definition) is 2. The van der Waals surface area contributed by atoms with Crippen LogP contribution in [0.15, 0.2) is 46.1 Å². The molecule has 0 aliphatic heterocycles. The van der Waals surface area contributed by atoms with Gasteiger partial charge in [-0.05, 0) is 33.6 Å². The second-order valence-corrected chi connectivity index (χ2v) is 4.70. The fourth-order valence-electron chi connectivity index (χ4n) is 1.63. The van der Waals surface area contributed by atoms with Gasteiger partial charge >= 0.3 is 0 Å². The van der Waals surface area contributed by atoms with Crippen LogP contribution >= 0.6 is 15.9 Å². The summed E-state index contributed by atoms with van der Waals surface area (Å²) in [5.74, 6) is 4.71. The third-order valence-electron chi connectivity index (χ3n) is 2.53. The van der Waals surface area contributed by atoms with Crippen molar-refractivity contribution in [2.45, 2.75) is 6.54 Å². The normalized spacial score (nSPS) is 10.2. The maximum Gasteiger partial charge on any atom is 0.267 e. The Bertz CT molecular complexity index is 669. The van der Waals surface area contributed by atoms with Gasteiger partial charge in [-0.1, -0.05) is 12.1 Å². The van der Waals surface area contributed by atoms with Gasteiger partial charge in [-0.3, -0.25) is 19.6 Å². The zero-order valence-corrected chi connectivity index (χ0v) is 11.4. The lowest BCUT2D eigenvalue weighted by Crippen LogP contribution is -2.30. The molecule has 2 rings (SSSR count). The van der Waals surface area contributed by atoms with Gasteiger partial charge in [0.05, 0.1) is 12.9 Å². The molecular weight excluding hydrogens is 312 g/mol. The van der Waals surface area contributed by atoms with Gasteiger partial charge in [0.1, 0.15) is 4.47 Å². The van der Waals surface area contributed by atoms with Crippen molar-refractivity contribution in [3.05, 3.63) is 62.7 Å². The predicted molar refractivity (Wildman–Crippen MR) is 73.4 cm³/mol. The summed E-state index contributed by atoms with van der Waals surface area (Å²) in [4.78, 5) is 27.2. The standard InChI is InChI=1S/C12H11BrN4O2/c13-10-5-15-7-17(12(10)19)6-8-2-1-3-9(4-8)11(18)16-14/h1-5,7H,6,14H2,(H,16,18). The first-order chi connectivity index (χ1) is 9.11. The first-order valence-corrected chi connectivity index (χ1v) is 6.21. The first kappa shape index (κ1) is 13.4. The van der Waals surface area contributed by atoms with E-state index in [-0.39, 0.29) is 11.5 Å². The number of rotatable bonds is 3. The van der Waals surface area contributed by atoms with Crippen LogP contribution in [0.25, 0.3) is 0 Å². The van der Waals surface area contributed by atoms with Gasteiger partial charge in [-0.15, -0.1) is 0 Å². The average Bonchev–Trinajstić information content (AvgIpc) is 2.43. The summed E-state index contributed by atoms with van der Waals surface area (Å²) in [7, 11) is 0. The molecule has 1 aromatic carbocycles. The summed E-state index contributed by atoms with van der Waals surface area (Å²) < 4.78 is 1.84. The topological polar surface area (TPSA) is 90.0 Å². The van der Waals surface area contributed by atoms with E-state index in [1.54, 1.807) is 18.2 Å². The highest BCUT2D eigenvalue weighted by Gasteiger charge is 2.06. The summed E-state index contributed by atoms with van der Waals surface area (Å²) in [6, 6.07) is 6.88. The molecule has 1 amide bonds. The van der Waals surface area contributed by atoms with Crippen LogP contribution in [0.1, 0.15) is 15.9 Å². The fraction of sp³-hybridized carbons (Fsp3) is 0.0833. The third-order valence-corrected chi connectivity index (χ3v) is 3.08. The van der Waals surface area contributed by atoms with Gasteiger partial charge in [0.25, 0.3) is 11.5 Å². The molecule has 0 aliphatic carbocycles. The minimum atomic E-state index is -0.374. The molecular formula is C12H11BrN4O2. The van der Waals surface area contributed by atoms with Gasteiger partial charge in [0.15, 0.2) is 0 Å². The van der Waals surface area contributed by atoms with Gasteiger partial charge in [-0.2, -0.15) is 0 Å². The highest BCUT2D eigenvalue weighted by Crippen LogP contribution is 2.07. The fourth-order valence-corrected chi connectivity index (χ4v) is 1.97. The Hall–Kier alpha value is -1.99. The molecule has 0 unspecified atom stereocenters. The molecule has 1 heterocycles. The van der Waals surface area contributed by atoms with Crippen LogP contribution in [-0.4, -0.2) is 15.5 Å². The van der Waals surface area contributed by atoms with Crippen molar-refractivity contribution in [3.63, 3.8) is 0 Å². The summed E-state index contributed by atoms with van der Waals surface area (Å²) in [6.45, 7) is 0.330. The maximum atomic E-state index is 11.8. The number of nitrogens with zero attached hydrogens (tertiary/aromatic N) is 2. The maximum absolute atomic E-state index is 11.8. The molecule has 0 fully saturated rings. The highest BCUT2D eigenvalue weighted by atomic mass is 79.9. The largest absolute Gasteiger partial charge is 0.294 e. The van der Waals surface area contributed by atoms with E-state index in [4.69, 9.17) is 5.84 Å². The van der Waals surface area contributed by atoms with E-state index in [1.807, 2.05) is 6.07 Å². The van der Waals surface area contributed by atoms with E-state index >= 15 is 0 Å². The molecule has 7 heteroatoms. The highest BCUT2D eigenvalue weighted by molar-refractivity contribution is 9.10. The van der Waals surface area contributed by atoms with Crippen LogP contribution in [0.5, 0.6) is 0 Å². The number of aromatic nitrogens is 2. The molecule has 0 saturated carbocycles. The van der Waals surface area contributed by atoms with E-state index in [0.717, 1.165) is 5.56 Å². The number of hydrogen-bond acceptors (Lipinski definition) is 4. The predicted octanol–water partition coefficient (Wildman–Crippen LogP) is 0.658. The Kier molecular flexibility index (Phi) is 4.08. The Morgan fingerprint density at radius 1 is 1.47 bits per heavy atom. The minimum Gasteiger partial charge on any atom is -0.294 e. The van der Waals surface area contributed by atoms with Crippen molar-refractivity contribution in [3.8, 4) is 0 Å². The lowest BCUT2D eigenvalue weighted by Gasteiger charge is -2.07. The Labute approximate surface area is 117 Å². The van der Waals surface area contributed by atoms with Crippen LogP contribution in [0.3, 0.4) is 0 Å². The molecule has 98 valence electrons. The second kappa shape index (κ2) is 5.77. The van der Waals surface area contributed by atoms with Crippen LogP contribution in [0.2, 0.25) is 0 Å². The molecule has 0 atom stereocenters. The van der Waals surface area contributed by atoms with E-state index < -0.39 is 0 Å². The number of nitrogen functional groups attached to an aromatic ring is 1. The number of amides is 1. The number of nitrogens with one attached hydrogen (secondary N) is 1. The number of carbonyl (C=O) groups excluding carboxylic acids is 1. The number of nitrogens with two attached hydrogens (primary N) is 1. The third kappa shape index (κ3) is 3.07. The van der Waals surface area contributed by atoms with Crippen molar-refractivity contribution in [1.29, 1.82) is 0 Å². The van der Waals surface area contributed by atoms with E-state index in [0.29, 0.717) is 16.6 Å². The van der Waals surface area contributed by atoms with Crippen LogP contribution in [-0.2, 0) is 6.54 Å². The molecule has 1 aromatic heterocycles. The quantitative estimate of drug-likeness (QED) is 0.493. The summed E-state index contributed by atoms with van der Waals surface area (Å²) >= 11 is 3.13. The summed E-state index contributed by atoms with van der Waals surface area (Å²) in [6.07, 6.45) is 2.89. The molecule has 6 nitrogen and oxygen atoms in total. The van der Waals surface area contributed by atoms with Crippen molar-refractivity contribution < 1.29 is 4.79 Å². The molecule has 0 aliphatic rings. The summed E-state index contributed by atoms with van der Waals surface area (Å²) in [5, 5.41) is 0. The molecule has 2 aromatic rings. The lowest BCUT2D eigenvalue weighted by molar-refractivity contribution is 0.0953. The zero-order chi connectivity index (χ0) is 13.8. The average molecular weight is 323 g/mol. The molecule has 19 heavy (non-hydrogen) atoms. The number of carbonyl (C=O) groups is 1. The molecule has 0 bridgehead atoms. The zero-order valence-electron chi connectivity index (χ0n) is 9.84. The van der Waals surface area contributed by atoms with Gasteiger partial charge in [-0.25, -0.2) is 10.8 Å². The van der Waals surface area contributed by atoms with Crippen LogP contribution < -0.4 is 16.8 Å². The Balaban J connectivity index is 2.31. The first-order valence-electron chi connectivity index (χ1n) is 5.41. The number of benzene rings is 1.